The third kappa shape index (κ3) is 3.11. The van der Waals surface area contributed by atoms with Crippen LogP contribution in [0, 0.1) is 11.3 Å². The van der Waals surface area contributed by atoms with Crippen molar-refractivity contribution in [1.29, 1.82) is 0 Å². The van der Waals surface area contributed by atoms with Gasteiger partial charge in [-0.2, -0.15) is 0 Å². The van der Waals surface area contributed by atoms with E-state index in [-0.39, 0.29) is 11.5 Å². The van der Waals surface area contributed by atoms with Crippen molar-refractivity contribution in [2.75, 3.05) is 11.9 Å². The molecule has 3 rings (SSSR count). The van der Waals surface area contributed by atoms with Gasteiger partial charge in [-0.1, -0.05) is 44.9 Å². The van der Waals surface area contributed by atoms with E-state index in [1.807, 2.05) is 11.3 Å². The Morgan fingerprint density at radius 2 is 2.10 bits per heavy atom. The molecule has 1 saturated carbocycles. The molecule has 3 unspecified atom stereocenters. The maximum absolute atomic E-state index is 6.39. The fourth-order valence-electron chi connectivity index (χ4n) is 4.04. The largest absolute Gasteiger partial charge is 0.348 e. The first-order chi connectivity index (χ1) is 9.85. The predicted octanol–water partition coefficient (Wildman–Crippen LogP) is 4.13. The van der Waals surface area contributed by atoms with Crippen LogP contribution in [0.15, 0.2) is 0 Å². The fourth-order valence-corrected chi connectivity index (χ4v) is 5.16. The normalized spacial score (nSPS) is 31.8. The second-order valence-corrected chi connectivity index (χ2v) is 9.00. The Kier molecular flexibility index (Phi) is 4.04. The van der Waals surface area contributed by atoms with Gasteiger partial charge in [-0.05, 0) is 37.0 Å². The average Bonchev–Trinajstić information content (AvgIpc) is 2.80. The van der Waals surface area contributed by atoms with Crippen LogP contribution in [0.1, 0.15) is 69.5 Å². The van der Waals surface area contributed by atoms with Gasteiger partial charge < -0.3 is 10.6 Å². The highest BCUT2D eigenvalue weighted by Gasteiger charge is 2.34. The van der Waals surface area contributed by atoms with Crippen LogP contribution in [0.5, 0.6) is 0 Å². The number of thiazole rings is 1. The first-order valence-electron chi connectivity index (χ1n) is 8.34. The van der Waals surface area contributed by atoms with Crippen molar-refractivity contribution in [2.45, 2.75) is 71.4 Å². The minimum atomic E-state index is 0.175. The molecule has 0 radical (unpaired) electrons. The summed E-state index contributed by atoms with van der Waals surface area (Å²) < 4.78 is 0. The Labute approximate surface area is 132 Å². The summed E-state index contributed by atoms with van der Waals surface area (Å²) >= 11 is 1.84. The summed E-state index contributed by atoms with van der Waals surface area (Å²) in [5.41, 5.74) is 7.93. The lowest BCUT2D eigenvalue weighted by Gasteiger charge is -2.34. The molecule has 3 nitrogen and oxygen atoms in total. The minimum Gasteiger partial charge on any atom is -0.348 e. The van der Waals surface area contributed by atoms with Gasteiger partial charge in [-0.15, -0.1) is 0 Å². The number of anilines is 1. The summed E-state index contributed by atoms with van der Waals surface area (Å²) in [5.74, 6) is 0.849. The predicted molar refractivity (Wildman–Crippen MR) is 91.0 cm³/mol. The molecule has 0 bridgehead atoms. The van der Waals surface area contributed by atoms with Crippen LogP contribution in [0.25, 0.3) is 0 Å². The maximum atomic E-state index is 6.39. The number of nitrogens with two attached hydrogens (primary N) is 1. The minimum absolute atomic E-state index is 0.175. The Hall–Kier alpha value is -0.610. The molecule has 1 heterocycles. The van der Waals surface area contributed by atoms with Gasteiger partial charge in [-0.25, -0.2) is 4.98 Å². The van der Waals surface area contributed by atoms with Crippen molar-refractivity contribution in [2.24, 2.45) is 17.1 Å². The molecular formula is C17H29N3S. The molecule has 0 aromatic carbocycles. The Balaban J connectivity index is 1.81. The maximum Gasteiger partial charge on any atom is 0.185 e. The van der Waals surface area contributed by atoms with E-state index in [1.54, 1.807) is 0 Å². The van der Waals surface area contributed by atoms with Crippen LogP contribution in [0.4, 0.5) is 5.13 Å². The van der Waals surface area contributed by atoms with E-state index in [0.29, 0.717) is 6.04 Å². The molecule has 0 saturated heterocycles. The molecule has 0 spiro atoms. The third-order valence-corrected chi connectivity index (χ3v) is 6.55. The van der Waals surface area contributed by atoms with E-state index in [0.717, 1.165) is 18.8 Å². The monoisotopic (exact) mass is 307 g/mol. The zero-order valence-electron chi connectivity index (χ0n) is 13.9. The van der Waals surface area contributed by atoms with Crippen LogP contribution in [0.2, 0.25) is 0 Å². The topological polar surface area (TPSA) is 42.2 Å². The number of fused-ring (bicyclic) bond motifs is 1. The average molecular weight is 308 g/mol. The lowest BCUT2D eigenvalue weighted by molar-refractivity contribution is 0.282. The number of hydrogen-bond acceptors (Lipinski definition) is 4. The van der Waals surface area contributed by atoms with E-state index in [1.165, 1.54) is 41.4 Å². The van der Waals surface area contributed by atoms with Crippen molar-refractivity contribution in [3.8, 4) is 0 Å². The summed E-state index contributed by atoms with van der Waals surface area (Å²) in [6.07, 6.45) is 7.50. The van der Waals surface area contributed by atoms with E-state index in [9.17, 15) is 0 Å². The molecule has 1 fully saturated rings. The second-order valence-electron chi connectivity index (χ2n) is 8.00. The van der Waals surface area contributed by atoms with Crippen LogP contribution >= 0.6 is 11.3 Å². The van der Waals surface area contributed by atoms with Gasteiger partial charge in [0.2, 0.25) is 0 Å². The van der Waals surface area contributed by atoms with Gasteiger partial charge in [0.05, 0.1) is 5.69 Å². The lowest BCUT2D eigenvalue weighted by Crippen LogP contribution is -2.35. The smallest absolute Gasteiger partial charge is 0.185 e. The van der Waals surface area contributed by atoms with E-state index >= 15 is 0 Å². The van der Waals surface area contributed by atoms with Crippen LogP contribution in [0.3, 0.4) is 0 Å². The molecule has 1 aromatic rings. The van der Waals surface area contributed by atoms with Gasteiger partial charge in [0.15, 0.2) is 5.13 Å². The number of nitrogens with zero attached hydrogens (tertiary/aromatic N) is 2. The quantitative estimate of drug-likeness (QED) is 0.893. The number of hydrogen-bond donors (Lipinski definition) is 1. The molecule has 3 atom stereocenters. The van der Waals surface area contributed by atoms with Gasteiger partial charge >= 0.3 is 0 Å². The number of rotatable bonds is 2. The van der Waals surface area contributed by atoms with E-state index in [2.05, 4.69) is 32.7 Å². The van der Waals surface area contributed by atoms with Gasteiger partial charge in [0.25, 0.3) is 0 Å². The molecule has 0 aliphatic heterocycles. The molecule has 1 aromatic heterocycles. The van der Waals surface area contributed by atoms with E-state index < -0.39 is 0 Å². The zero-order valence-corrected chi connectivity index (χ0v) is 14.7. The van der Waals surface area contributed by atoms with Crippen LogP contribution in [-0.4, -0.2) is 18.1 Å². The highest BCUT2D eigenvalue weighted by atomic mass is 32.1. The third-order valence-electron chi connectivity index (χ3n) is 5.23. The first-order valence-corrected chi connectivity index (χ1v) is 9.15. The molecule has 2 aliphatic carbocycles. The molecule has 2 N–H and O–H groups in total. The van der Waals surface area contributed by atoms with Crippen molar-refractivity contribution >= 4 is 16.5 Å². The summed E-state index contributed by atoms with van der Waals surface area (Å²) in [7, 11) is 2.23. The highest BCUT2D eigenvalue weighted by molar-refractivity contribution is 7.15. The fraction of sp³-hybridized carbons (Fsp3) is 0.824. The Bertz CT molecular complexity index is 508. The molecule has 21 heavy (non-hydrogen) atoms. The van der Waals surface area contributed by atoms with Crippen LogP contribution in [-0.2, 0) is 6.42 Å². The van der Waals surface area contributed by atoms with Gasteiger partial charge in [0, 0.05) is 24.0 Å². The SMILES string of the molecule is CC1CCCC(N(C)c2nc3c(s2)C(N)CC(C)(C)C3)C1. The van der Waals surface area contributed by atoms with Crippen molar-refractivity contribution < 1.29 is 0 Å². The highest BCUT2D eigenvalue weighted by Crippen LogP contribution is 2.44. The molecule has 2 aliphatic rings. The molecular weight excluding hydrogens is 278 g/mol. The molecule has 4 heteroatoms. The van der Waals surface area contributed by atoms with Crippen molar-refractivity contribution in [3.63, 3.8) is 0 Å². The summed E-state index contributed by atoms with van der Waals surface area (Å²) in [6.45, 7) is 6.99. The Morgan fingerprint density at radius 1 is 1.33 bits per heavy atom. The first kappa shape index (κ1) is 15.3. The molecule has 118 valence electrons. The summed E-state index contributed by atoms with van der Waals surface area (Å²) in [6, 6.07) is 0.833. The standard InChI is InChI=1S/C17H29N3S/c1-11-6-5-7-12(8-11)20(4)16-19-14-10-17(2,3)9-13(18)15(14)21-16/h11-13H,5-10,18H2,1-4H3. The second kappa shape index (κ2) is 5.54. The van der Waals surface area contributed by atoms with Gasteiger partial charge in [0.1, 0.15) is 0 Å². The lowest BCUT2D eigenvalue weighted by atomic mass is 9.77. The molecule has 0 amide bonds. The Morgan fingerprint density at radius 3 is 2.81 bits per heavy atom. The zero-order chi connectivity index (χ0) is 15.2. The van der Waals surface area contributed by atoms with Crippen molar-refractivity contribution in [1.82, 2.24) is 4.98 Å². The summed E-state index contributed by atoms with van der Waals surface area (Å²) in [4.78, 5) is 8.72. The van der Waals surface area contributed by atoms with Crippen LogP contribution < -0.4 is 10.6 Å². The van der Waals surface area contributed by atoms with Gasteiger partial charge in [-0.3, -0.25) is 0 Å². The summed E-state index contributed by atoms with van der Waals surface area (Å²) in [5, 5.41) is 1.19. The number of aromatic nitrogens is 1. The van der Waals surface area contributed by atoms with E-state index in [4.69, 9.17) is 10.7 Å². The van der Waals surface area contributed by atoms with Crippen molar-refractivity contribution in [3.05, 3.63) is 10.6 Å².